The largest absolute Gasteiger partial charge is 0.280 e. The van der Waals surface area contributed by atoms with E-state index in [1.807, 2.05) is 12.1 Å². The van der Waals surface area contributed by atoms with Gasteiger partial charge in [-0.3, -0.25) is 13.9 Å². The fraction of sp³-hybridized carbons (Fsp3) is 0.0625. The van der Waals surface area contributed by atoms with Crippen molar-refractivity contribution in [3.8, 4) is 0 Å². The van der Waals surface area contributed by atoms with Crippen LogP contribution in [0.25, 0.3) is 10.9 Å². The van der Waals surface area contributed by atoms with E-state index >= 15 is 0 Å². The first-order valence-electron chi connectivity index (χ1n) is 6.77. The smallest absolute Gasteiger partial charge is 0.264 e. The number of hydrogen-bond acceptors (Lipinski definition) is 4. The highest BCUT2D eigenvalue weighted by Crippen LogP contribution is 2.23. The zero-order chi connectivity index (χ0) is 16.4. The molecule has 0 saturated carbocycles. The second-order valence-corrected chi connectivity index (χ2v) is 7.95. The predicted octanol–water partition coefficient (Wildman–Crippen LogP) is 2.77. The topological polar surface area (TPSA) is 76.1 Å². The van der Waals surface area contributed by atoms with Crippen molar-refractivity contribution in [1.29, 1.82) is 0 Å². The van der Waals surface area contributed by atoms with Gasteiger partial charge in [-0.2, -0.15) is 0 Å². The lowest BCUT2D eigenvalue weighted by Crippen LogP contribution is -2.13. The second kappa shape index (κ2) is 6.10. The molecule has 3 rings (SSSR count). The molecule has 0 fully saturated rings. The van der Waals surface area contributed by atoms with Crippen LogP contribution in [-0.2, 0) is 20.8 Å². The molecule has 1 aromatic heterocycles. The maximum absolute atomic E-state index is 12.6. The van der Waals surface area contributed by atoms with Crippen LogP contribution in [0.3, 0.4) is 0 Å². The molecule has 0 aliphatic rings. The van der Waals surface area contributed by atoms with Crippen molar-refractivity contribution in [2.75, 3.05) is 11.0 Å². The number of nitrogens with one attached hydrogen (secondary N) is 1. The van der Waals surface area contributed by atoms with Gasteiger partial charge in [0.1, 0.15) is 4.90 Å². The van der Waals surface area contributed by atoms with Gasteiger partial charge in [0.05, 0.1) is 5.52 Å². The number of rotatable bonds is 4. The summed E-state index contributed by atoms with van der Waals surface area (Å²) in [5.74, 6) is 0. The first-order chi connectivity index (χ1) is 11.0. The van der Waals surface area contributed by atoms with E-state index in [0.29, 0.717) is 16.1 Å². The second-order valence-electron chi connectivity index (χ2n) is 4.92. The fourth-order valence-electron chi connectivity index (χ4n) is 2.22. The van der Waals surface area contributed by atoms with Crippen molar-refractivity contribution in [2.24, 2.45) is 0 Å². The fourth-order valence-corrected chi connectivity index (χ4v) is 3.98. The Labute approximate surface area is 136 Å². The first-order valence-corrected chi connectivity index (χ1v) is 9.81. The van der Waals surface area contributed by atoms with E-state index in [9.17, 15) is 12.6 Å². The molecule has 0 aliphatic heterocycles. The number of aromatic nitrogens is 1. The Morgan fingerprint density at radius 2 is 1.70 bits per heavy atom. The number of nitrogens with zero attached hydrogens (tertiary/aromatic N) is 1. The third kappa shape index (κ3) is 3.25. The highest BCUT2D eigenvalue weighted by Gasteiger charge is 2.18. The summed E-state index contributed by atoms with van der Waals surface area (Å²) in [7, 11) is -4.86. The van der Waals surface area contributed by atoms with Gasteiger partial charge in [-0.15, -0.1) is 0 Å². The summed E-state index contributed by atoms with van der Waals surface area (Å²) in [4.78, 5) is 4.93. The van der Waals surface area contributed by atoms with Gasteiger partial charge in [-0.25, -0.2) is 8.42 Å². The van der Waals surface area contributed by atoms with Crippen molar-refractivity contribution >= 4 is 37.4 Å². The molecule has 7 heteroatoms. The molecule has 0 aliphatic carbocycles. The van der Waals surface area contributed by atoms with Gasteiger partial charge in [0.25, 0.3) is 10.0 Å². The molecular weight excluding hydrogens is 332 g/mol. The molecule has 0 spiro atoms. The van der Waals surface area contributed by atoms with Crippen molar-refractivity contribution in [3.05, 3.63) is 60.8 Å². The molecule has 0 saturated heterocycles. The molecule has 1 N–H and O–H groups in total. The average Bonchev–Trinajstić information content (AvgIpc) is 2.54. The number of pyridine rings is 1. The molecule has 2 aromatic carbocycles. The van der Waals surface area contributed by atoms with Crippen LogP contribution in [0.1, 0.15) is 0 Å². The number of fused-ring (bicyclic) bond motifs is 1. The van der Waals surface area contributed by atoms with Crippen LogP contribution >= 0.6 is 0 Å². The van der Waals surface area contributed by atoms with E-state index in [0.717, 1.165) is 5.39 Å². The average molecular weight is 346 g/mol. The third-order valence-electron chi connectivity index (χ3n) is 3.32. The van der Waals surface area contributed by atoms with E-state index in [4.69, 9.17) is 0 Å². The van der Waals surface area contributed by atoms with Crippen LogP contribution in [0.2, 0.25) is 0 Å². The van der Waals surface area contributed by atoms with E-state index in [1.165, 1.54) is 6.07 Å². The summed E-state index contributed by atoms with van der Waals surface area (Å²) in [6, 6.07) is 15.0. The van der Waals surface area contributed by atoms with Crippen molar-refractivity contribution in [1.82, 2.24) is 4.98 Å². The zero-order valence-corrected chi connectivity index (χ0v) is 13.9. The molecule has 0 amide bonds. The quantitative estimate of drug-likeness (QED) is 0.788. The normalized spacial score (nSPS) is 12.9. The molecule has 3 aromatic rings. The Balaban J connectivity index is 1.99. The van der Waals surface area contributed by atoms with Crippen LogP contribution < -0.4 is 4.72 Å². The molecule has 118 valence electrons. The SMILES string of the molecule is C[S@@](=O)c1ccc(NS(=O)(=O)c2cccc3cccnc23)cc1. The molecule has 23 heavy (non-hydrogen) atoms. The molecule has 0 unspecified atom stereocenters. The number of para-hydroxylation sites is 1. The molecule has 0 radical (unpaired) electrons. The summed E-state index contributed by atoms with van der Waals surface area (Å²) in [5.41, 5.74) is 0.834. The predicted molar refractivity (Wildman–Crippen MR) is 91.3 cm³/mol. The highest BCUT2D eigenvalue weighted by molar-refractivity contribution is 7.93. The zero-order valence-electron chi connectivity index (χ0n) is 12.3. The van der Waals surface area contributed by atoms with Gasteiger partial charge in [-0.05, 0) is 36.4 Å². The minimum absolute atomic E-state index is 0.124. The summed E-state index contributed by atoms with van der Waals surface area (Å²) < 4.78 is 39.1. The van der Waals surface area contributed by atoms with Gasteiger partial charge in [0.2, 0.25) is 0 Å². The summed E-state index contributed by atoms with van der Waals surface area (Å²) >= 11 is 0. The van der Waals surface area contributed by atoms with Crippen LogP contribution in [0.15, 0.2) is 70.6 Å². The Hall–Kier alpha value is -2.25. The maximum Gasteiger partial charge on any atom is 0.264 e. The first kappa shape index (κ1) is 15.6. The molecule has 1 heterocycles. The van der Waals surface area contributed by atoms with Crippen LogP contribution in [0.4, 0.5) is 5.69 Å². The number of hydrogen-bond donors (Lipinski definition) is 1. The Morgan fingerprint density at radius 1 is 1.00 bits per heavy atom. The molecule has 5 nitrogen and oxygen atoms in total. The third-order valence-corrected chi connectivity index (χ3v) is 5.67. The maximum atomic E-state index is 12.6. The van der Waals surface area contributed by atoms with Crippen molar-refractivity contribution in [2.45, 2.75) is 9.79 Å². The number of anilines is 1. The van der Waals surface area contributed by atoms with Crippen LogP contribution in [0.5, 0.6) is 0 Å². The van der Waals surface area contributed by atoms with Gasteiger partial charge >= 0.3 is 0 Å². The summed E-state index contributed by atoms with van der Waals surface area (Å²) in [5, 5.41) is 0.757. The van der Waals surface area contributed by atoms with Gasteiger partial charge in [-0.1, -0.05) is 18.2 Å². The van der Waals surface area contributed by atoms with Crippen LogP contribution in [-0.4, -0.2) is 23.9 Å². The minimum Gasteiger partial charge on any atom is -0.280 e. The lowest BCUT2D eigenvalue weighted by atomic mass is 10.2. The Kier molecular flexibility index (Phi) is 4.14. The van der Waals surface area contributed by atoms with E-state index in [-0.39, 0.29) is 4.90 Å². The van der Waals surface area contributed by atoms with Gasteiger partial charge in [0, 0.05) is 39.2 Å². The molecular formula is C16H14N2O3S2. The molecule has 0 bridgehead atoms. The minimum atomic E-state index is -3.76. The monoisotopic (exact) mass is 346 g/mol. The summed E-state index contributed by atoms with van der Waals surface area (Å²) in [6.45, 7) is 0. The highest BCUT2D eigenvalue weighted by atomic mass is 32.2. The van der Waals surface area contributed by atoms with E-state index < -0.39 is 20.8 Å². The van der Waals surface area contributed by atoms with Gasteiger partial charge < -0.3 is 0 Å². The van der Waals surface area contributed by atoms with E-state index in [2.05, 4.69) is 9.71 Å². The van der Waals surface area contributed by atoms with E-state index in [1.54, 1.807) is 48.9 Å². The number of benzene rings is 2. The van der Waals surface area contributed by atoms with Crippen molar-refractivity contribution < 1.29 is 12.6 Å². The number of sulfonamides is 1. The molecule has 1 atom stereocenters. The van der Waals surface area contributed by atoms with Crippen molar-refractivity contribution in [3.63, 3.8) is 0 Å². The Morgan fingerprint density at radius 3 is 2.39 bits per heavy atom. The Bertz CT molecular complexity index is 978. The lowest BCUT2D eigenvalue weighted by molar-refractivity contribution is 0.602. The standard InChI is InChI=1S/C16H14N2O3S2/c1-22(19)14-9-7-13(8-10-14)18-23(20,21)15-6-2-4-12-5-3-11-17-16(12)15/h2-11,18H,1H3/t22-/m1/s1. The lowest BCUT2D eigenvalue weighted by Gasteiger charge is -2.10. The van der Waals surface area contributed by atoms with Crippen LogP contribution in [0, 0.1) is 0 Å². The van der Waals surface area contributed by atoms with Gasteiger partial charge in [0.15, 0.2) is 0 Å². The summed E-state index contributed by atoms with van der Waals surface area (Å²) in [6.07, 6.45) is 3.13.